The van der Waals surface area contributed by atoms with Crippen LogP contribution in [-0.2, 0) is 0 Å². The second-order valence-corrected chi connectivity index (χ2v) is 6.78. The first kappa shape index (κ1) is 17.2. The van der Waals surface area contributed by atoms with Crippen LogP contribution in [0.1, 0.15) is 23.7 Å². The molecule has 0 saturated carbocycles. The first-order valence-corrected chi connectivity index (χ1v) is 8.86. The molecule has 0 fully saturated rings. The van der Waals surface area contributed by atoms with E-state index in [1.807, 2.05) is 30.5 Å². The molecule has 124 valence electrons. The Labute approximate surface area is 154 Å². The number of aliphatic imine (C=N–C) groups is 1. The maximum Gasteiger partial charge on any atom is 0.141 e. The zero-order valence-corrected chi connectivity index (χ0v) is 15.3. The van der Waals surface area contributed by atoms with E-state index < -0.39 is 6.10 Å². The van der Waals surface area contributed by atoms with Gasteiger partial charge in [0.15, 0.2) is 0 Å². The molecule has 0 radical (unpaired) electrons. The van der Waals surface area contributed by atoms with Crippen molar-refractivity contribution in [3.8, 4) is 5.75 Å². The Hall–Kier alpha value is -1.62. The lowest BCUT2D eigenvalue weighted by atomic mass is 10.0. The van der Waals surface area contributed by atoms with Crippen molar-refractivity contribution in [2.75, 3.05) is 13.2 Å². The third kappa shape index (κ3) is 4.07. The number of ether oxygens (including phenoxy) is 1. The third-order valence-corrected chi connectivity index (χ3v) is 4.72. The maximum atomic E-state index is 10.3. The van der Waals surface area contributed by atoms with Crippen LogP contribution in [0.15, 0.2) is 58.0 Å². The standard InChI is InChI=1S/C19H17BrClNO2/c20-17-3-1-2-16(13-8-10-22-11-9-13)19(17)24-12-18(23)14-4-6-15(21)7-5-14/h1-8,10,18,23H,9,11-12H2/t18-/m0/s1. The molecule has 1 N–H and O–H groups in total. The summed E-state index contributed by atoms with van der Waals surface area (Å²) >= 11 is 9.43. The lowest BCUT2D eigenvalue weighted by molar-refractivity contribution is 0.107. The number of rotatable bonds is 5. The Morgan fingerprint density at radius 1 is 1.21 bits per heavy atom. The van der Waals surface area contributed by atoms with Gasteiger partial charge in [-0.3, -0.25) is 4.99 Å². The zero-order chi connectivity index (χ0) is 16.9. The highest BCUT2D eigenvalue weighted by atomic mass is 79.9. The van der Waals surface area contributed by atoms with Crippen LogP contribution in [0.5, 0.6) is 5.75 Å². The molecule has 1 atom stereocenters. The van der Waals surface area contributed by atoms with Gasteiger partial charge in [0.2, 0.25) is 0 Å². The van der Waals surface area contributed by atoms with E-state index in [1.165, 1.54) is 5.57 Å². The number of para-hydroxylation sites is 1. The van der Waals surface area contributed by atoms with Gasteiger partial charge in [-0.1, -0.05) is 35.9 Å². The average Bonchev–Trinajstić information content (AvgIpc) is 2.61. The van der Waals surface area contributed by atoms with Gasteiger partial charge in [0.25, 0.3) is 0 Å². The van der Waals surface area contributed by atoms with Crippen molar-refractivity contribution in [3.63, 3.8) is 0 Å². The summed E-state index contributed by atoms with van der Waals surface area (Å²) < 4.78 is 6.82. The quantitative estimate of drug-likeness (QED) is 0.753. The molecule has 3 nitrogen and oxygen atoms in total. The minimum absolute atomic E-state index is 0.165. The van der Waals surface area contributed by atoms with Crippen molar-refractivity contribution < 1.29 is 9.84 Å². The van der Waals surface area contributed by atoms with E-state index >= 15 is 0 Å². The van der Waals surface area contributed by atoms with E-state index in [4.69, 9.17) is 16.3 Å². The second kappa shape index (κ2) is 7.97. The summed E-state index contributed by atoms with van der Waals surface area (Å²) in [6, 6.07) is 13.1. The van der Waals surface area contributed by atoms with Gasteiger partial charge in [-0.05, 0) is 57.8 Å². The number of allylic oxidation sites excluding steroid dienone is 1. The number of dihydropyridines is 1. The molecule has 0 aromatic heterocycles. The molecule has 1 aliphatic heterocycles. The molecule has 24 heavy (non-hydrogen) atoms. The van der Waals surface area contributed by atoms with Gasteiger partial charge >= 0.3 is 0 Å². The van der Waals surface area contributed by atoms with Crippen molar-refractivity contribution >= 4 is 39.3 Å². The van der Waals surface area contributed by atoms with Crippen LogP contribution in [0, 0.1) is 0 Å². The SMILES string of the molecule is O[C@@H](COc1c(Br)cccc1C1=CC=NCC1)c1ccc(Cl)cc1. The highest BCUT2D eigenvalue weighted by Crippen LogP contribution is 2.36. The van der Waals surface area contributed by atoms with Gasteiger partial charge in [-0.25, -0.2) is 0 Å². The highest BCUT2D eigenvalue weighted by Gasteiger charge is 2.15. The molecule has 0 saturated heterocycles. The van der Waals surface area contributed by atoms with Crippen LogP contribution in [0.4, 0.5) is 0 Å². The van der Waals surface area contributed by atoms with Crippen molar-refractivity contribution in [1.29, 1.82) is 0 Å². The van der Waals surface area contributed by atoms with E-state index in [9.17, 15) is 5.11 Å². The van der Waals surface area contributed by atoms with Crippen LogP contribution in [0.2, 0.25) is 5.02 Å². The fourth-order valence-electron chi connectivity index (χ4n) is 2.56. The number of nitrogens with zero attached hydrogens (tertiary/aromatic N) is 1. The van der Waals surface area contributed by atoms with E-state index in [-0.39, 0.29) is 6.61 Å². The molecule has 0 aliphatic carbocycles. The summed E-state index contributed by atoms with van der Waals surface area (Å²) in [6.45, 7) is 0.948. The topological polar surface area (TPSA) is 41.8 Å². The van der Waals surface area contributed by atoms with Crippen molar-refractivity contribution in [2.24, 2.45) is 4.99 Å². The predicted molar refractivity (Wildman–Crippen MR) is 102 cm³/mol. The van der Waals surface area contributed by atoms with Gasteiger partial charge in [0, 0.05) is 23.3 Å². The van der Waals surface area contributed by atoms with Crippen LogP contribution < -0.4 is 4.74 Å². The van der Waals surface area contributed by atoms with Crippen molar-refractivity contribution in [1.82, 2.24) is 0 Å². The number of hydrogen-bond donors (Lipinski definition) is 1. The molecular formula is C19H17BrClNO2. The molecule has 0 bridgehead atoms. The summed E-state index contributed by atoms with van der Waals surface area (Å²) in [7, 11) is 0. The molecule has 1 aliphatic rings. The third-order valence-electron chi connectivity index (χ3n) is 3.84. The lowest BCUT2D eigenvalue weighted by Crippen LogP contribution is -2.11. The summed E-state index contributed by atoms with van der Waals surface area (Å²) in [6.07, 6.45) is 3.99. The maximum absolute atomic E-state index is 10.3. The summed E-state index contributed by atoms with van der Waals surface area (Å²) in [5, 5.41) is 11.0. The Morgan fingerprint density at radius 3 is 2.71 bits per heavy atom. The summed E-state index contributed by atoms with van der Waals surface area (Å²) in [5.74, 6) is 0.743. The average molecular weight is 407 g/mol. The lowest BCUT2D eigenvalue weighted by Gasteiger charge is -2.18. The van der Waals surface area contributed by atoms with Gasteiger partial charge < -0.3 is 9.84 Å². The van der Waals surface area contributed by atoms with E-state index in [2.05, 4.69) is 20.9 Å². The monoisotopic (exact) mass is 405 g/mol. The first-order chi connectivity index (χ1) is 11.6. The fraction of sp³-hybridized carbons (Fsp3) is 0.211. The predicted octanol–water partition coefficient (Wildman–Crippen LogP) is 5.07. The molecule has 0 unspecified atom stereocenters. The summed E-state index contributed by atoms with van der Waals surface area (Å²) in [5.41, 5.74) is 2.98. The smallest absolute Gasteiger partial charge is 0.141 e. The van der Waals surface area contributed by atoms with E-state index in [0.717, 1.165) is 34.3 Å². The Morgan fingerprint density at radius 2 is 2.00 bits per heavy atom. The molecule has 3 rings (SSSR count). The number of aliphatic hydroxyl groups excluding tert-OH is 1. The normalized spacial score (nSPS) is 15.0. The number of hydrogen-bond acceptors (Lipinski definition) is 3. The Kier molecular flexibility index (Phi) is 5.72. The summed E-state index contributed by atoms with van der Waals surface area (Å²) in [4.78, 5) is 4.22. The number of halogens is 2. The van der Waals surface area contributed by atoms with Gasteiger partial charge in [0.05, 0.1) is 4.47 Å². The minimum atomic E-state index is -0.718. The number of aliphatic hydroxyl groups is 1. The van der Waals surface area contributed by atoms with Crippen molar-refractivity contribution in [3.05, 3.63) is 69.2 Å². The molecule has 0 amide bonds. The van der Waals surface area contributed by atoms with Crippen LogP contribution in [0.3, 0.4) is 0 Å². The zero-order valence-electron chi connectivity index (χ0n) is 13.0. The van der Waals surface area contributed by atoms with Crippen LogP contribution in [-0.4, -0.2) is 24.5 Å². The highest BCUT2D eigenvalue weighted by molar-refractivity contribution is 9.10. The minimum Gasteiger partial charge on any atom is -0.489 e. The Balaban J connectivity index is 1.78. The molecule has 5 heteroatoms. The molecule has 2 aromatic carbocycles. The van der Waals surface area contributed by atoms with Gasteiger partial charge in [-0.2, -0.15) is 0 Å². The number of benzene rings is 2. The van der Waals surface area contributed by atoms with E-state index in [1.54, 1.807) is 24.3 Å². The molecule has 0 spiro atoms. The van der Waals surface area contributed by atoms with Crippen LogP contribution >= 0.6 is 27.5 Å². The van der Waals surface area contributed by atoms with Gasteiger partial charge in [-0.15, -0.1) is 0 Å². The molecule has 2 aromatic rings. The first-order valence-electron chi connectivity index (χ1n) is 7.69. The molecular weight excluding hydrogens is 390 g/mol. The van der Waals surface area contributed by atoms with Crippen LogP contribution in [0.25, 0.3) is 5.57 Å². The van der Waals surface area contributed by atoms with Crippen molar-refractivity contribution in [2.45, 2.75) is 12.5 Å². The second-order valence-electron chi connectivity index (χ2n) is 5.49. The molecule has 1 heterocycles. The largest absolute Gasteiger partial charge is 0.489 e. The Bertz CT molecular complexity index is 771. The van der Waals surface area contributed by atoms with Gasteiger partial charge in [0.1, 0.15) is 18.5 Å². The fourth-order valence-corrected chi connectivity index (χ4v) is 3.17. The van der Waals surface area contributed by atoms with E-state index in [0.29, 0.717) is 5.02 Å².